The number of nitrogens with zero attached hydrogens (tertiary/aromatic N) is 1. The summed E-state index contributed by atoms with van der Waals surface area (Å²) in [7, 11) is 0. The number of nitrogens with one attached hydrogen (secondary N) is 2. The molecule has 7 nitrogen and oxygen atoms in total. The smallest absolute Gasteiger partial charge is 0.315 e. The first-order valence-corrected chi connectivity index (χ1v) is 6.89. The fraction of sp³-hybridized carbons (Fsp3) is 0.769. The number of aliphatic carboxylic acids is 1. The SMILES string of the molecule is CCN(CC)C(=O)C(C)NC(=O)NCCC(C)C(=O)O. The van der Waals surface area contributed by atoms with Crippen LogP contribution in [0.1, 0.15) is 34.1 Å². The van der Waals surface area contributed by atoms with Gasteiger partial charge in [-0.05, 0) is 27.2 Å². The maximum Gasteiger partial charge on any atom is 0.315 e. The molecule has 0 aromatic carbocycles. The predicted octanol–water partition coefficient (Wildman–Crippen LogP) is 0.653. The van der Waals surface area contributed by atoms with E-state index in [0.29, 0.717) is 19.5 Å². The molecule has 0 bridgehead atoms. The van der Waals surface area contributed by atoms with Gasteiger partial charge in [-0.1, -0.05) is 6.92 Å². The number of urea groups is 1. The average molecular weight is 287 g/mol. The predicted molar refractivity (Wildman–Crippen MR) is 75.3 cm³/mol. The lowest BCUT2D eigenvalue weighted by Crippen LogP contribution is -2.50. The van der Waals surface area contributed by atoms with Gasteiger partial charge in [0, 0.05) is 19.6 Å². The third kappa shape index (κ3) is 6.40. The number of carbonyl (C=O) groups excluding carboxylic acids is 2. The highest BCUT2D eigenvalue weighted by atomic mass is 16.4. The first kappa shape index (κ1) is 18.2. The van der Waals surface area contributed by atoms with E-state index in [1.165, 1.54) is 0 Å². The van der Waals surface area contributed by atoms with Crippen molar-refractivity contribution in [3.8, 4) is 0 Å². The highest BCUT2D eigenvalue weighted by Gasteiger charge is 2.19. The van der Waals surface area contributed by atoms with E-state index in [2.05, 4.69) is 10.6 Å². The molecule has 0 spiro atoms. The van der Waals surface area contributed by atoms with Gasteiger partial charge in [-0.3, -0.25) is 9.59 Å². The summed E-state index contributed by atoms with van der Waals surface area (Å²) in [5.74, 6) is -1.54. The molecule has 0 saturated carbocycles. The molecule has 3 amide bonds. The Bertz CT molecular complexity index is 343. The van der Waals surface area contributed by atoms with Crippen molar-refractivity contribution in [2.75, 3.05) is 19.6 Å². The topological polar surface area (TPSA) is 98.7 Å². The van der Waals surface area contributed by atoms with Gasteiger partial charge in [-0.15, -0.1) is 0 Å². The van der Waals surface area contributed by atoms with E-state index >= 15 is 0 Å². The van der Waals surface area contributed by atoms with Gasteiger partial charge in [0.1, 0.15) is 6.04 Å². The van der Waals surface area contributed by atoms with Crippen molar-refractivity contribution in [1.82, 2.24) is 15.5 Å². The Kier molecular flexibility index (Phi) is 8.35. The second kappa shape index (κ2) is 9.17. The third-order valence-corrected chi connectivity index (χ3v) is 3.08. The fourth-order valence-corrected chi connectivity index (χ4v) is 1.64. The number of carboxylic acid groups (broad SMARTS) is 1. The van der Waals surface area contributed by atoms with E-state index in [1.54, 1.807) is 18.7 Å². The highest BCUT2D eigenvalue weighted by molar-refractivity contribution is 5.86. The zero-order valence-corrected chi connectivity index (χ0v) is 12.6. The van der Waals surface area contributed by atoms with Crippen LogP contribution in [0.5, 0.6) is 0 Å². The average Bonchev–Trinajstić information content (AvgIpc) is 2.39. The van der Waals surface area contributed by atoms with Crippen LogP contribution in [0.4, 0.5) is 4.79 Å². The van der Waals surface area contributed by atoms with Crippen molar-refractivity contribution in [3.63, 3.8) is 0 Å². The number of carboxylic acids is 1. The zero-order chi connectivity index (χ0) is 15.7. The van der Waals surface area contributed by atoms with Crippen molar-refractivity contribution < 1.29 is 19.5 Å². The fourth-order valence-electron chi connectivity index (χ4n) is 1.64. The number of hydrogen-bond acceptors (Lipinski definition) is 3. The molecule has 0 radical (unpaired) electrons. The number of rotatable bonds is 8. The second-order valence-electron chi connectivity index (χ2n) is 4.66. The minimum absolute atomic E-state index is 0.135. The van der Waals surface area contributed by atoms with Crippen LogP contribution in [0.15, 0.2) is 0 Å². The molecule has 0 aromatic rings. The number of amides is 3. The minimum Gasteiger partial charge on any atom is -0.481 e. The van der Waals surface area contributed by atoms with Gasteiger partial charge in [0.15, 0.2) is 0 Å². The Morgan fingerprint density at radius 3 is 2.15 bits per heavy atom. The number of likely N-dealkylation sites (N-methyl/N-ethyl adjacent to an activating group) is 1. The monoisotopic (exact) mass is 287 g/mol. The quantitative estimate of drug-likeness (QED) is 0.610. The van der Waals surface area contributed by atoms with E-state index in [0.717, 1.165) is 0 Å². The van der Waals surface area contributed by atoms with Crippen LogP contribution in [-0.4, -0.2) is 53.6 Å². The van der Waals surface area contributed by atoms with Crippen molar-refractivity contribution in [1.29, 1.82) is 0 Å². The summed E-state index contributed by atoms with van der Waals surface area (Å²) in [5, 5.41) is 13.8. The largest absolute Gasteiger partial charge is 0.481 e. The molecule has 2 unspecified atom stereocenters. The lowest BCUT2D eigenvalue weighted by atomic mass is 10.1. The van der Waals surface area contributed by atoms with Crippen LogP contribution in [0.3, 0.4) is 0 Å². The zero-order valence-electron chi connectivity index (χ0n) is 12.6. The summed E-state index contributed by atoms with van der Waals surface area (Å²) in [6.45, 7) is 8.40. The van der Waals surface area contributed by atoms with E-state index < -0.39 is 24.0 Å². The summed E-state index contributed by atoms with van der Waals surface area (Å²) in [4.78, 5) is 35.7. The van der Waals surface area contributed by atoms with Gasteiger partial charge in [0.2, 0.25) is 5.91 Å². The van der Waals surface area contributed by atoms with E-state index in [1.807, 2.05) is 13.8 Å². The first-order chi connectivity index (χ1) is 9.33. The highest BCUT2D eigenvalue weighted by Crippen LogP contribution is 1.99. The number of hydrogen-bond donors (Lipinski definition) is 3. The summed E-state index contributed by atoms with van der Waals surface area (Å²) < 4.78 is 0. The maximum absolute atomic E-state index is 11.9. The van der Waals surface area contributed by atoms with Gasteiger partial charge in [-0.25, -0.2) is 4.79 Å². The Labute approximate surface area is 119 Å². The van der Waals surface area contributed by atoms with Gasteiger partial charge >= 0.3 is 12.0 Å². The molecule has 0 saturated heterocycles. The molecule has 0 fully saturated rings. The molecule has 0 aliphatic carbocycles. The molecule has 7 heteroatoms. The second-order valence-corrected chi connectivity index (χ2v) is 4.66. The molecule has 0 aliphatic rings. The molecule has 0 rings (SSSR count). The van der Waals surface area contributed by atoms with Crippen LogP contribution in [0, 0.1) is 5.92 Å². The van der Waals surface area contributed by atoms with Crippen LogP contribution < -0.4 is 10.6 Å². The number of carbonyl (C=O) groups is 3. The summed E-state index contributed by atoms with van der Waals surface area (Å²) in [6, 6.07) is -1.07. The Balaban J connectivity index is 4.08. The van der Waals surface area contributed by atoms with Crippen molar-refractivity contribution in [2.24, 2.45) is 5.92 Å². The Morgan fingerprint density at radius 2 is 1.70 bits per heavy atom. The molecule has 2 atom stereocenters. The van der Waals surface area contributed by atoms with Crippen LogP contribution in [0.25, 0.3) is 0 Å². The Hall–Kier alpha value is -1.79. The molecule has 0 aliphatic heterocycles. The molecule has 3 N–H and O–H groups in total. The lowest BCUT2D eigenvalue weighted by Gasteiger charge is -2.23. The standard InChI is InChI=1S/C13H25N3O4/c1-5-16(6-2)11(17)10(4)15-13(20)14-8-7-9(3)12(18)19/h9-10H,5-8H2,1-4H3,(H,18,19)(H2,14,15,20). The van der Waals surface area contributed by atoms with Gasteiger partial charge in [0.05, 0.1) is 5.92 Å². The van der Waals surface area contributed by atoms with Crippen molar-refractivity contribution in [2.45, 2.75) is 40.2 Å². The molecule has 20 heavy (non-hydrogen) atoms. The molecule has 0 aromatic heterocycles. The van der Waals surface area contributed by atoms with Crippen LogP contribution >= 0.6 is 0 Å². The first-order valence-electron chi connectivity index (χ1n) is 6.89. The van der Waals surface area contributed by atoms with E-state index in [4.69, 9.17) is 5.11 Å². The normalized spacial score (nSPS) is 13.2. The van der Waals surface area contributed by atoms with Crippen molar-refractivity contribution >= 4 is 17.9 Å². The maximum atomic E-state index is 11.9. The lowest BCUT2D eigenvalue weighted by molar-refractivity contribution is -0.141. The van der Waals surface area contributed by atoms with E-state index in [9.17, 15) is 14.4 Å². The van der Waals surface area contributed by atoms with Crippen LogP contribution in [0.2, 0.25) is 0 Å². The summed E-state index contributed by atoms with van der Waals surface area (Å²) in [5.41, 5.74) is 0. The summed E-state index contributed by atoms with van der Waals surface area (Å²) in [6.07, 6.45) is 0.348. The molecule has 0 heterocycles. The van der Waals surface area contributed by atoms with E-state index in [-0.39, 0.29) is 12.5 Å². The summed E-state index contributed by atoms with van der Waals surface area (Å²) >= 11 is 0. The minimum atomic E-state index is -0.891. The third-order valence-electron chi connectivity index (χ3n) is 3.08. The van der Waals surface area contributed by atoms with Gasteiger partial charge in [0.25, 0.3) is 0 Å². The molecular formula is C13H25N3O4. The van der Waals surface area contributed by atoms with Crippen LogP contribution in [-0.2, 0) is 9.59 Å². The molecular weight excluding hydrogens is 262 g/mol. The van der Waals surface area contributed by atoms with Gasteiger partial charge in [-0.2, -0.15) is 0 Å². The van der Waals surface area contributed by atoms with Gasteiger partial charge < -0.3 is 20.6 Å². The Morgan fingerprint density at radius 1 is 1.15 bits per heavy atom. The molecule has 116 valence electrons. The van der Waals surface area contributed by atoms with Crippen molar-refractivity contribution in [3.05, 3.63) is 0 Å².